The Morgan fingerprint density at radius 1 is 1.29 bits per heavy atom. The molecule has 0 aliphatic carbocycles. The fourth-order valence-corrected chi connectivity index (χ4v) is 3.31. The SMILES string of the molecule is C[C@H](Cc1c[nH]c2cc(OCC(=O)O)ccc12)NC[C@H](O)c1cccc(Cl)c1. The number of aliphatic hydroxyl groups is 1. The molecule has 0 unspecified atom stereocenters. The zero-order valence-corrected chi connectivity index (χ0v) is 16.2. The molecule has 0 spiro atoms. The van der Waals surface area contributed by atoms with E-state index in [0.717, 1.165) is 28.5 Å². The summed E-state index contributed by atoms with van der Waals surface area (Å²) in [5, 5.41) is 24.1. The van der Waals surface area contributed by atoms with Crippen LogP contribution in [0.2, 0.25) is 5.02 Å². The van der Waals surface area contributed by atoms with Gasteiger partial charge in [-0.15, -0.1) is 0 Å². The molecule has 0 amide bonds. The summed E-state index contributed by atoms with van der Waals surface area (Å²) < 4.78 is 5.21. The molecule has 2 aromatic carbocycles. The fraction of sp³-hybridized carbons (Fsp3) is 0.286. The molecule has 2 atom stereocenters. The number of hydrogen-bond donors (Lipinski definition) is 4. The molecule has 1 aromatic heterocycles. The summed E-state index contributed by atoms with van der Waals surface area (Å²) in [4.78, 5) is 13.8. The van der Waals surface area contributed by atoms with E-state index < -0.39 is 12.1 Å². The van der Waals surface area contributed by atoms with Gasteiger partial charge in [-0.1, -0.05) is 23.7 Å². The molecular weight excluding hydrogens is 380 g/mol. The van der Waals surface area contributed by atoms with Gasteiger partial charge < -0.3 is 25.3 Å². The highest BCUT2D eigenvalue weighted by atomic mass is 35.5. The maximum absolute atomic E-state index is 10.6. The van der Waals surface area contributed by atoms with Crippen LogP contribution in [-0.4, -0.2) is 40.4 Å². The van der Waals surface area contributed by atoms with Crippen LogP contribution in [0, 0.1) is 0 Å². The number of aliphatic carboxylic acids is 1. The number of aromatic amines is 1. The third-order valence-electron chi connectivity index (χ3n) is 4.52. The molecule has 0 radical (unpaired) electrons. The first-order valence-corrected chi connectivity index (χ1v) is 9.41. The van der Waals surface area contributed by atoms with Crippen molar-refractivity contribution in [2.24, 2.45) is 0 Å². The highest BCUT2D eigenvalue weighted by Gasteiger charge is 2.13. The van der Waals surface area contributed by atoms with Crippen LogP contribution in [0.3, 0.4) is 0 Å². The Labute approximate surface area is 168 Å². The first kappa shape index (κ1) is 20.2. The van der Waals surface area contributed by atoms with Gasteiger partial charge in [-0.2, -0.15) is 0 Å². The number of carboxylic acids is 1. The summed E-state index contributed by atoms with van der Waals surface area (Å²) in [5.41, 5.74) is 2.81. The van der Waals surface area contributed by atoms with Gasteiger partial charge in [0.1, 0.15) is 5.75 Å². The number of fused-ring (bicyclic) bond motifs is 1. The smallest absolute Gasteiger partial charge is 0.341 e. The first-order valence-electron chi connectivity index (χ1n) is 9.04. The monoisotopic (exact) mass is 402 g/mol. The van der Waals surface area contributed by atoms with Gasteiger partial charge in [0, 0.05) is 40.8 Å². The number of halogens is 1. The lowest BCUT2D eigenvalue weighted by Gasteiger charge is -2.17. The number of ether oxygens (including phenoxy) is 1. The Bertz CT molecular complexity index is 956. The lowest BCUT2D eigenvalue weighted by atomic mass is 10.0. The molecular formula is C21H23ClN2O4. The predicted molar refractivity (Wildman–Crippen MR) is 109 cm³/mol. The minimum Gasteiger partial charge on any atom is -0.482 e. The number of carbonyl (C=O) groups is 1. The first-order chi connectivity index (χ1) is 13.4. The molecule has 4 N–H and O–H groups in total. The topological polar surface area (TPSA) is 94.6 Å². The Kier molecular flexibility index (Phi) is 6.57. The van der Waals surface area contributed by atoms with Crippen molar-refractivity contribution in [1.29, 1.82) is 0 Å². The minimum absolute atomic E-state index is 0.149. The third kappa shape index (κ3) is 5.25. The summed E-state index contributed by atoms with van der Waals surface area (Å²) in [6, 6.07) is 12.9. The second kappa shape index (κ2) is 9.10. The second-order valence-electron chi connectivity index (χ2n) is 6.79. The van der Waals surface area contributed by atoms with Gasteiger partial charge in [0.05, 0.1) is 6.10 Å². The molecule has 148 valence electrons. The van der Waals surface area contributed by atoms with Crippen molar-refractivity contribution >= 4 is 28.5 Å². The van der Waals surface area contributed by atoms with Crippen LogP contribution in [0.5, 0.6) is 5.75 Å². The quantitative estimate of drug-likeness (QED) is 0.439. The van der Waals surface area contributed by atoms with Crippen LogP contribution in [-0.2, 0) is 11.2 Å². The summed E-state index contributed by atoms with van der Waals surface area (Å²) in [6.45, 7) is 2.12. The van der Waals surface area contributed by atoms with Crippen molar-refractivity contribution in [2.45, 2.75) is 25.5 Å². The molecule has 0 bridgehead atoms. The number of H-pyrrole nitrogens is 1. The van der Waals surface area contributed by atoms with E-state index in [9.17, 15) is 9.90 Å². The van der Waals surface area contributed by atoms with E-state index >= 15 is 0 Å². The van der Waals surface area contributed by atoms with Crippen LogP contribution in [0.25, 0.3) is 10.9 Å². The average Bonchev–Trinajstić information content (AvgIpc) is 3.06. The van der Waals surface area contributed by atoms with Crippen molar-refractivity contribution in [3.63, 3.8) is 0 Å². The summed E-state index contributed by atoms with van der Waals surface area (Å²) >= 11 is 5.98. The van der Waals surface area contributed by atoms with Crippen LogP contribution >= 0.6 is 11.6 Å². The standard InChI is InChI=1S/C21H23ClN2O4/c1-13(23-11-20(25)14-3-2-4-16(22)8-14)7-15-10-24-19-9-17(5-6-18(15)19)28-12-21(26)27/h2-6,8-10,13,20,23-25H,7,11-12H2,1H3,(H,26,27)/t13-,20+/m1/s1. The fourth-order valence-electron chi connectivity index (χ4n) is 3.12. The maximum atomic E-state index is 10.6. The van der Waals surface area contributed by atoms with Crippen LogP contribution in [0.4, 0.5) is 0 Å². The second-order valence-corrected chi connectivity index (χ2v) is 7.22. The Morgan fingerprint density at radius 2 is 2.11 bits per heavy atom. The Balaban J connectivity index is 1.58. The molecule has 0 aliphatic rings. The number of aliphatic hydroxyl groups excluding tert-OH is 1. The zero-order valence-electron chi connectivity index (χ0n) is 15.5. The Morgan fingerprint density at radius 3 is 2.86 bits per heavy atom. The molecule has 0 saturated carbocycles. The van der Waals surface area contributed by atoms with E-state index in [1.54, 1.807) is 24.3 Å². The predicted octanol–water partition coefficient (Wildman–Crippen LogP) is 3.54. The minimum atomic E-state index is -1.01. The van der Waals surface area contributed by atoms with E-state index in [-0.39, 0.29) is 12.6 Å². The number of carboxylic acid groups (broad SMARTS) is 1. The van der Waals surface area contributed by atoms with E-state index in [0.29, 0.717) is 17.3 Å². The lowest BCUT2D eigenvalue weighted by Crippen LogP contribution is -2.32. The largest absolute Gasteiger partial charge is 0.482 e. The highest BCUT2D eigenvalue weighted by molar-refractivity contribution is 6.30. The Hall–Kier alpha value is -2.54. The van der Waals surface area contributed by atoms with Gasteiger partial charge in [-0.05, 0) is 48.7 Å². The number of nitrogens with one attached hydrogen (secondary N) is 2. The molecule has 7 heteroatoms. The van der Waals surface area contributed by atoms with Gasteiger partial charge in [0.2, 0.25) is 0 Å². The molecule has 3 rings (SSSR count). The van der Waals surface area contributed by atoms with Gasteiger partial charge in [-0.25, -0.2) is 4.79 Å². The maximum Gasteiger partial charge on any atom is 0.341 e. The van der Waals surface area contributed by atoms with Crippen LogP contribution < -0.4 is 10.1 Å². The third-order valence-corrected chi connectivity index (χ3v) is 4.76. The summed E-state index contributed by atoms with van der Waals surface area (Å²) in [6.07, 6.45) is 2.09. The van der Waals surface area contributed by atoms with E-state index in [1.165, 1.54) is 0 Å². The highest BCUT2D eigenvalue weighted by Crippen LogP contribution is 2.24. The van der Waals surface area contributed by atoms with Crippen molar-refractivity contribution in [3.8, 4) is 5.75 Å². The zero-order chi connectivity index (χ0) is 20.1. The molecule has 0 aliphatic heterocycles. The molecule has 0 fully saturated rings. The van der Waals surface area contributed by atoms with E-state index in [4.69, 9.17) is 21.4 Å². The van der Waals surface area contributed by atoms with E-state index in [2.05, 4.69) is 17.2 Å². The molecule has 3 aromatic rings. The summed E-state index contributed by atoms with van der Waals surface area (Å²) in [5.74, 6) is -0.494. The lowest BCUT2D eigenvalue weighted by molar-refractivity contribution is -0.139. The van der Waals surface area contributed by atoms with Crippen molar-refractivity contribution in [2.75, 3.05) is 13.2 Å². The van der Waals surface area contributed by atoms with Crippen molar-refractivity contribution in [3.05, 3.63) is 64.8 Å². The normalized spacial score (nSPS) is 13.4. The number of benzene rings is 2. The van der Waals surface area contributed by atoms with Crippen molar-refractivity contribution in [1.82, 2.24) is 10.3 Å². The van der Waals surface area contributed by atoms with Gasteiger partial charge in [0.25, 0.3) is 0 Å². The number of rotatable bonds is 9. The van der Waals surface area contributed by atoms with Crippen molar-refractivity contribution < 1.29 is 19.7 Å². The summed E-state index contributed by atoms with van der Waals surface area (Å²) in [7, 11) is 0. The number of hydrogen-bond acceptors (Lipinski definition) is 4. The van der Waals surface area contributed by atoms with E-state index in [1.807, 2.05) is 24.4 Å². The molecule has 0 saturated heterocycles. The average molecular weight is 403 g/mol. The van der Waals surface area contributed by atoms with Gasteiger partial charge in [0.15, 0.2) is 6.61 Å². The number of aromatic nitrogens is 1. The van der Waals surface area contributed by atoms with Gasteiger partial charge in [-0.3, -0.25) is 0 Å². The molecule has 1 heterocycles. The molecule has 6 nitrogen and oxygen atoms in total. The molecule has 28 heavy (non-hydrogen) atoms. The van der Waals surface area contributed by atoms with Gasteiger partial charge >= 0.3 is 5.97 Å². The van der Waals surface area contributed by atoms with Crippen LogP contribution in [0.15, 0.2) is 48.7 Å². The van der Waals surface area contributed by atoms with Crippen LogP contribution in [0.1, 0.15) is 24.2 Å².